The van der Waals surface area contributed by atoms with Gasteiger partial charge in [-0.25, -0.2) is 4.98 Å². The zero-order valence-electron chi connectivity index (χ0n) is 33.6. The van der Waals surface area contributed by atoms with Gasteiger partial charge in [-0.3, -0.25) is 4.57 Å². The molecule has 0 fully saturated rings. The Bertz CT molecular complexity index is 3500. The summed E-state index contributed by atoms with van der Waals surface area (Å²) in [5.41, 5.74) is 14.4. The lowest BCUT2D eigenvalue weighted by molar-refractivity contribution is 0.960. The van der Waals surface area contributed by atoms with Crippen LogP contribution in [0.3, 0.4) is 0 Å². The first-order chi connectivity index (χ1) is 30.3. The van der Waals surface area contributed by atoms with Crippen LogP contribution < -0.4 is 0 Å². The number of imidazole rings is 1. The number of rotatable bonds is 6. The number of para-hydroxylation sites is 2. The van der Waals surface area contributed by atoms with Crippen LogP contribution in [0.1, 0.15) is 12.8 Å². The molecule has 0 saturated heterocycles. The van der Waals surface area contributed by atoms with Crippen LogP contribution in [0, 0.1) is 0 Å². The van der Waals surface area contributed by atoms with Crippen LogP contribution in [0.2, 0.25) is 0 Å². The highest BCUT2D eigenvalue weighted by Gasteiger charge is 2.22. The summed E-state index contributed by atoms with van der Waals surface area (Å²) in [6.45, 7) is 0. The number of fused-ring (bicyclic) bond motifs is 5. The lowest BCUT2D eigenvalue weighted by Crippen LogP contribution is -2.01. The van der Waals surface area contributed by atoms with Crippen molar-refractivity contribution in [1.82, 2.24) is 9.55 Å². The van der Waals surface area contributed by atoms with Gasteiger partial charge in [0.2, 0.25) is 0 Å². The van der Waals surface area contributed by atoms with Gasteiger partial charge in [0.1, 0.15) is 5.82 Å². The first-order valence-corrected chi connectivity index (χ1v) is 21.3. The van der Waals surface area contributed by atoms with E-state index < -0.39 is 0 Å². The molecule has 1 heterocycles. The molecular formula is C59H40N2. The Morgan fingerprint density at radius 2 is 0.787 bits per heavy atom. The number of nitrogens with zero attached hydrogens (tertiary/aromatic N) is 2. The highest BCUT2D eigenvalue weighted by molar-refractivity contribution is 6.25. The van der Waals surface area contributed by atoms with E-state index in [1.54, 1.807) is 0 Å². The van der Waals surface area contributed by atoms with E-state index in [9.17, 15) is 0 Å². The number of aromatic nitrogens is 2. The maximum atomic E-state index is 5.19. The summed E-state index contributed by atoms with van der Waals surface area (Å²) in [7, 11) is 0. The summed E-state index contributed by atoms with van der Waals surface area (Å²) in [5, 5.41) is 9.98. The third-order valence-electron chi connectivity index (χ3n) is 12.6. The quantitative estimate of drug-likeness (QED) is 0.154. The normalized spacial score (nSPS) is 12.8. The molecule has 2 heteroatoms. The molecule has 11 aromatic rings. The van der Waals surface area contributed by atoms with Crippen LogP contribution in [-0.4, -0.2) is 9.55 Å². The second kappa shape index (κ2) is 14.5. The van der Waals surface area contributed by atoms with E-state index in [1.807, 2.05) is 0 Å². The van der Waals surface area contributed by atoms with Crippen molar-refractivity contribution in [2.24, 2.45) is 0 Å². The predicted molar refractivity (Wildman–Crippen MR) is 260 cm³/mol. The molecule has 2 nitrogen and oxygen atoms in total. The number of hydrogen-bond acceptors (Lipinski definition) is 1. The number of benzene rings is 10. The minimum absolute atomic E-state index is 0.980. The Balaban J connectivity index is 1.08. The van der Waals surface area contributed by atoms with E-state index in [1.165, 1.54) is 93.3 Å². The second-order valence-corrected chi connectivity index (χ2v) is 16.1. The topological polar surface area (TPSA) is 17.8 Å². The molecule has 0 bridgehead atoms. The monoisotopic (exact) mass is 776 g/mol. The summed E-state index contributed by atoms with van der Waals surface area (Å²) < 4.78 is 2.35. The molecule has 0 N–H and O–H groups in total. The summed E-state index contributed by atoms with van der Waals surface area (Å²) in [4.78, 5) is 5.19. The molecule has 1 aromatic heterocycles. The van der Waals surface area contributed by atoms with Crippen LogP contribution in [0.4, 0.5) is 0 Å². The minimum atomic E-state index is 0.980. The second-order valence-electron chi connectivity index (χ2n) is 16.1. The molecule has 1 aliphatic carbocycles. The largest absolute Gasteiger partial charge is 0.296 e. The Morgan fingerprint density at radius 1 is 0.361 bits per heavy atom. The molecule has 0 amide bonds. The van der Waals surface area contributed by atoms with Crippen molar-refractivity contribution in [3.05, 3.63) is 218 Å². The van der Waals surface area contributed by atoms with Crippen LogP contribution in [-0.2, 0) is 0 Å². The van der Waals surface area contributed by atoms with Crippen molar-refractivity contribution in [2.45, 2.75) is 12.8 Å². The third kappa shape index (κ3) is 5.75. The third-order valence-corrected chi connectivity index (χ3v) is 12.6. The van der Waals surface area contributed by atoms with Crippen molar-refractivity contribution in [2.75, 3.05) is 0 Å². The standard InChI is InChI=1S/C59H40N2/c1-4-18-39(19-5-1)55-45-24-10-13-27-48(45)57(40-20-6-2-7-21-40)52-38-43(36-37-51(52)55)58-49-28-14-11-25-46(49)56(47-26-12-15-29-50(47)58)41-32-34-42(35-33-41)59-60-53-30-16-17-31-54(53)61(59)44-22-8-3-9-23-44/h1-8,10-22,24-38H,9,23H2. The van der Waals surface area contributed by atoms with Crippen LogP contribution in [0.25, 0.3) is 116 Å². The molecule has 0 saturated carbocycles. The van der Waals surface area contributed by atoms with Crippen molar-refractivity contribution >= 4 is 59.8 Å². The molecule has 0 spiro atoms. The van der Waals surface area contributed by atoms with Gasteiger partial charge < -0.3 is 0 Å². The van der Waals surface area contributed by atoms with Gasteiger partial charge in [-0.2, -0.15) is 0 Å². The molecule has 0 unspecified atom stereocenters. The van der Waals surface area contributed by atoms with Gasteiger partial charge >= 0.3 is 0 Å². The van der Waals surface area contributed by atoms with Gasteiger partial charge in [-0.15, -0.1) is 0 Å². The van der Waals surface area contributed by atoms with E-state index in [-0.39, 0.29) is 0 Å². The molecule has 0 atom stereocenters. The average Bonchev–Trinajstić information content (AvgIpc) is 3.73. The van der Waals surface area contributed by atoms with E-state index in [2.05, 4.69) is 223 Å². The van der Waals surface area contributed by atoms with Gasteiger partial charge in [-0.1, -0.05) is 194 Å². The Labute approximate surface area is 355 Å². The summed E-state index contributed by atoms with van der Waals surface area (Å²) >= 11 is 0. The Morgan fingerprint density at radius 3 is 1.33 bits per heavy atom. The van der Waals surface area contributed by atoms with Crippen molar-refractivity contribution in [1.29, 1.82) is 0 Å². The maximum Gasteiger partial charge on any atom is 0.145 e. The SMILES string of the molecule is C1=CCCC(n2c(-c3ccc(-c4c5ccccc5c(-c5ccc6c(-c7ccccc7)c7ccccc7c(-c7ccccc7)c6c5)c5ccccc45)cc3)nc3ccccc32)=C1. The van der Waals surface area contributed by atoms with Crippen molar-refractivity contribution in [3.63, 3.8) is 0 Å². The van der Waals surface area contributed by atoms with Gasteiger partial charge in [0, 0.05) is 11.3 Å². The molecular weight excluding hydrogens is 737 g/mol. The predicted octanol–water partition coefficient (Wildman–Crippen LogP) is 16.2. The van der Waals surface area contributed by atoms with Crippen molar-refractivity contribution < 1.29 is 0 Å². The minimum Gasteiger partial charge on any atom is -0.296 e. The van der Waals surface area contributed by atoms with E-state index in [4.69, 9.17) is 4.98 Å². The van der Waals surface area contributed by atoms with Gasteiger partial charge in [0.05, 0.1) is 11.0 Å². The van der Waals surface area contributed by atoms with Gasteiger partial charge in [0.25, 0.3) is 0 Å². The molecule has 286 valence electrons. The smallest absolute Gasteiger partial charge is 0.145 e. The molecule has 1 aliphatic rings. The van der Waals surface area contributed by atoms with E-state index in [0.717, 1.165) is 35.3 Å². The molecule has 0 aliphatic heterocycles. The summed E-state index contributed by atoms with van der Waals surface area (Å²) in [6, 6.07) is 73.4. The molecule has 0 radical (unpaired) electrons. The highest BCUT2D eigenvalue weighted by Crippen LogP contribution is 2.48. The van der Waals surface area contributed by atoms with E-state index >= 15 is 0 Å². The maximum absolute atomic E-state index is 5.19. The number of allylic oxidation sites excluding steroid dienone is 4. The fourth-order valence-electron chi connectivity index (χ4n) is 9.99. The Hall–Kier alpha value is -7.81. The van der Waals surface area contributed by atoms with E-state index in [0.29, 0.717) is 0 Å². The fourth-order valence-corrected chi connectivity index (χ4v) is 9.99. The van der Waals surface area contributed by atoms with Gasteiger partial charge in [-0.05, 0) is 125 Å². The lowest BCUT2D eigenvalue weighted by atomic mass is 9.82. The first kappa shape index (κ1) is 35.2. The van der Waals surface area contributed by atoms with Crippen LogP contribution in [0.15, 0.2) is 218 Å². The summed E-state index contributed by atoms with van der Waals surface area (Å²) in [5.74, 6) is 0.980. The first-order valence-electron chi connectivity index (χ1n) is 21.3. The molecule has 61 heavy (non-hydrogen) atoms. The molecule has 10 aromatic carbocycles. The summed E-state index contributed by atoms with van der Waals surface area (Å²) in [6.07, 6.45) is 8.67. The number of hydrogen-bond donors (Lipinski definition) is 0. The highest BCUT2D eigenvalue weighted by atomic mass is 15.1. The van der Waals surface area contributed by atoms with Gasteiger partial charge in [0.15, 0.2) is 0 Å². The zero-order valence-corrected chi connectivity index (χ0v) is 33.6. The van der Waals surface area contributed by atoms with Crippen LogP contribution >= 0.6 is 0 Å². The Kier molecular flexibility index (Phi) is 8.35. The molecule has 12 rings (SSSR count). The van der Waals surface area contributed by atoms with Crippen LogP contribution in [0.5, 0.6) is 0 Å². The average molecular weight is 777 g/mol. The zero-order chi connectivity index (χ0) is 40.3. The lowest BCUT2D eigenvalue weighted by Gasteiger charge is -2.21. The fraction of sp³-hybridized carbons (Fsp3) is 0.0339. The van der Waals surface area contributed by atoms with Crippen molar-refractivity contribution in [3.8, 4) is 55.9 Å².